The van der Waals surface area contributed by atoms with Gasteiger partial charge in [0.15, 0.2) is 0 Å². The van der Waals surface area contributed by atoms with E-state index in [9.17, 15) is 22.8 Å². The van der Waals surface area contributed by atoms with E-state index in [0.29, 0.717) is 32.0 Å². The summed E-state index contributed by atoms with van der Waals surface area (Å²) >= 11 is 0. The first-order chi connectivity index (χ1) is 13.2. The van der Waals surface area contributed by atoms with Crippen LogP contribution in [0.1, 0.15) is 22.8 Å². The van der Waals surface area contributed by atoms with Crippen LogP contribution in [0.25, 0.3) is 0 Å². The van der Waals surface area contributed by atoms with Crippen molar-refractivity contribution in [1.29, 1.82) is 0 Å². The summed E-state index contributed by atoms with van der Waals surface area (Å²) in [5.41, 5.74) is -0.478. The molecule has 2 amide bonds. The molecule has 6 nitrogen and oxygen atoms in total. The van der Waals surface area contributed by atoms with E-state index in [-0.39, 0.29) is 17.2 Å². The van der Waals surface area contributed by atoms with Crippen LogP contribution < -0.4 is 10.2 Å². The number of hydrogen-bond acceptors (Lipinski definition) is 4. The molecule has 1 N–H and O–H groups in total. The predicted octanol–water partition coefficient (Wildman–Crippen LogP) is 3.02. The zero-order valence-corrected chi connectivity index (χ0v) is 15.2. The minimum Gasteiger partial charge on any atom is -0.353 e. The Balaban J connectivity index is 1.70. The Morgan fingerprint density at radius 1 is 1.07 bits per heavy atom. The predicted molar refractivity (Wildman–Crippen MR) is 98.1 cm³/mol. The molecule has 0 spiro atoms. The van der Waals surface area contributed by atoms with Crippen LogP contribution in [0.5, 0.6) is 0 Å². The highest BCUT2D eigenvalue weighted by Crippen LogP contribution is 2.30. The average Bonchev–Trinajstić information content (AvgIpc) is 2.67. The van der Waals surface area contributed by atoms with Gasteiger partial charge >= 0.3 is 6.18 Å². The van der Waals surface area contributed by atoms with Gasteiger partial charge in [-0.3, -0.25) is 9.59 Å². The number of pyridine rings is 1. The number of carbonyl (C=O) groups is 2. The maximum Gasteiger partial charge on any atom is 0.416 e. The Labute approximate surface area is 160 Å². The van der Waals surface area contributed by atoms with Gasteiger partial charge in [0.25, 0.3) is 5.91 Å². The third kappa shape index (κ3) is 4.59. The number of amides is 2. The van der Waals surface area contributed by atoms with Crippen LogP contribution in [-0.2, 0) is 11.0 Å². The fourth-order valence-corrected chi connectivity index (χ4v) is 2.96. The summed E-state index contributed by atoms with van der Waals surface area (Å²) in [5, 5.41) is 2.48. The van der Waals surface area contributed by atoms with E-state index >= 15 is 0 Å². The van der Waals surface area contributed by atoms with Crippen molar-refractivity contribution in [1.82, 2.24) is 9.88 Å². The van der Waals surface area contributed by atoms with Crippen molar-refractivity contribution in [2.45, 2.75) is 13.1 Å². The number of carbonyl (C=O) groups excluding carboxylic acids is 2. The summed E-state index contributed by atoms with van der Waals surface area (Å²) in [6, 6.07) is 7.56. The molecule has 0 bridgehead atoms. The van der Waals surface area contributed by atoms with Crippen molar-refractivity contribution in [3.05, 3.63) is 53.7 Å². The molecule has 0 unspecified atom stereocenters. The first-order valence-electron chi connectivity index (χ1n) is 8.69. The largest absolute Gasteiger partial charge is 0.416 e. The molecule has 0 saturated carbocycles. The number of aromatic nitrogens is 1. The molecule has 9 heteroatoms. The second-order valence-electron chi connectivity index (χ2n) is 6.43. The van der Waals surface area contributed by atoms with Crippen molar-refractivity contribution in [3.63, 3.8) is 0 Å². The second kappa shape index (κ2) is 7.87. The number of rotatable bonds is 3. The summed E-state index contributed by atoms with van der Waals surface area (Å²) < 4.78 is 38.4. The topological polar surface area (TPSA) is 65.5 Å². The number of halogens is 3. The fourth-order valence-electron chi connectivity index (χ4n) is 2.96. The molecule has 3 rings (SSSR count). The first kappa shape index (κ1) is 19.7. The van der Waals surface area contributed by atoms with E-state index in [2.05, 4.69) is 10.3 Å². The molecule has 0 aliphatic carbocycles. The molecule has 1 saturated heterocycles. The summed E-state index contributed by atoms with van der Waals surface area (Å²) in [7, 11) is 0. The highest BCUT2D eigenvalue weighted by atomic mass is 19.4. The molecule has 0 atom stereocenters. The number of nitrogens with zero attached hydrogens (tertiary/aromatic N) is 3. The molecule has 1 fully saturated rings. The summed E-state index contributed by atoms with van der Waals surface area (Å²) in [4.78, 5) is 31.8. The SMILES string of the molecule is CC(=O)N1CCN(c2cc(C(=O)Nc3cccc(C(F)(F)F)c3)ccn2)CC1. The van der Waals surface area contributed by atoms with Crippen LogP contribution in [0.4, 0.5) is 24.7 Å². The van der Waals surface area contributed by atoms with Crippen LogP contribution in [0.3, 0.4) is 0 Å². The van der Waals surface area contributed by atoms with Gasteiger partial charge in [-0.15, -0.1) is 0 Å². The average molecular weight is 392 g/mol. The third-order valence-electron chi connectivity index (χ3n) is 4.50. The fraction of sp³-hybridized carbons (Fsp3) is 0.316. The lowest BCUT2D eigenvalue weighted by atomic mass is 10.1. The standard InChI is InChI=1S/C19H19F3N4O2/c1-13(27)25-7-9-26(10-8-25)17-11-14(5-6-23-17)18(28)24-16-4-2-3-15(12-16)19(20,21)22/h2-6,11-12H,7-10H2,1H3,(H,24,28). The van der Waals surface area contributed by atoms with Gasteiger partial charge in [-0.05, 0) is 30.3 Å². The molecule has 148 valence electrons. The minimum absolute atomic E-state index is 0.0156. The van der Waals surface area contributed by atoms with Crippen LogP contribution in [-0.4, -0.2) is 47.9 Å². The van der Waals surface area contributed by atoms with E-state index in [4.69, 9.17) is 0 Å². The van der Waals surface area contributed by atoms with E-state index in [1.54, 1.807) is 11.0 Å². The molecule has 28 heavy (non-hydrogen) atoms. The maximum atomic E-state index is 12.8. The Morgan fingerprint density at radius 3 is 2.43 bits per heavy atom. The number of piperazine rings is 1. The summed E-state index contributed by atoms with van der Waals surface area (Å²) in [6.07, 6.45) is -3.00. The number of benzene rings is 1. The number of hydrogen-bond donors (Lipinski definition) is 1. The van der Waals surface area contributed by atoms with Crippen LogP contribution in [0.15, 0.2) is 42.6 Å². The second-order valence-corrected chi connectivity index (χ2v) is 6.43. The smallest absolute Gasteiger partial charge is 0.353 e. The molecule has 2 heterocycles. The van der Waals surface area contributed by atoms with Gasteiger partial charge < -0.3 is 15.1 Å². The van der Waals surface area contributed by atoms with Crippen LogP contribution >= 0.6 is 0 Å². The highest BCUT2D eigenvalue weighted by molar-refractivity contribution is 6.04. The lowest BCUT2D eigenvalue weighted by molar-refractivity contribution is -0.137. The van der Waals surface area contributed by atoms with Crippen LogP contribution in [0, 0.1) is 0 Å². The van der Waals surface area contributed by atoms with Gasteiger partial charge in [-0.1, -0.05) is 6.07 Å². The molecule has 1 aliphatic heterocycles. The van der Waals surface area contributed by atoms with Gasteiger partial charge in [0, 0.05) is 50.6 Å². The third-order valence-corrected chi connectivity index (χ3v) is 4.50. The quantitative estimate of drug-likeness (QED) is 0.872. The highest BCUT2D eigenvalue weighted by Gasteiger charge is 2.30. The van der Waals surface area contributed by atoms with Crippen molar-refractivity contribution >= 4 is 23.3 Å². The Morgan fingerprint density at radius 2 is 1.79 bits per heavy atom. The number of nitrogens with one attached hydrogen (secondary N) is 1. The molecule has 1 aromatic heterocycles. The minimum atomic E-state index is -4.48. The van der Waals surface area contributed by atoms with Gasteiger partial charge in [0.2, 0.25) is 5.91 Å². The van der Waals surface area contributed by atoms with Crippen molar-refractivity contribution < 1.29 is 22.8 Å². The zero-order valence-electron chi connectivity index (χ0n) is 15.2. The van der Waals surface area contributed by atoms with Crippen LogP contribution in [0.2, 0.25) is 0 Å². The molecule has 1 aliphatic rings. The molecular weight excluding hydrogens is 373 g/mol. The van der Waals surface area contributed by atoms with Crippen molar-refractivity contribution in [3.8, 4) is 0 Å². The lowest BCUT2D eigenvalue weighted by Crippen LogP contribution is -2.48. The molecule has 0 radical (unpaired) electrons. The normalized spacial score (nSPS) is 14.7. The maximum absolute atomic E-state index is 12.8. The number of anilines is 2. The van der Waals surface area contributed by atoms with Gasteiger partial charge in [0.1, 0.15) is 5.82 Å². The van der Waals surface area contributed by atoms with E-state index in [1.165, 1.54) is 31.3 Å². The molecule has 1 aromatic carbocycles. The van der Waals surface area contributed by atoms with Crippen molar-refractivity contribution in [2.75, 3.05) is 36.4 Å². The van der Waals surface area contributed by atoms with E-state index in [1.807, 2.05) is 4.90 Å². The summed E-state index contributed by atoms with van der Waals surface area (Å²) in [6.45, 7) is 3.83. The summed E-state index contributed by atoms with van der Waals surface area (Å²) in [5.74, 6) is 0.0760. The first-order valence-corrected chi connectivity index (χ1v) is 8.69. The monoisotopic (exact) mass is 392 g/mol. The molecule has 2 aromatic rings. The zero-order chi connectivity index (χ0) is 20.3. The van der Waals surface area contributed by atoms with Gasteiger partial charge in [-0.2, -0.15) is 13.2 Å². The van der Waals surface area contributed by atoms with Gasteiger partial charge in [0.05, 0.1) is 5.56 Å². The Kier molecular flexibility index (Phi) is 5.53. The van der Waals surface area contributed by atoms with E-state index in [0.717, 1.165) is 12.1 Å². The van der Waals surface area contributed by atoms with Gasteiger partial charge in [-0.25, -0.2) is 4.98 Å². The Bertz CT molecular complexity index is 877. The van der Waals surface area contributed by atoms with E-state index < -0.39 is 17.6 Å². The van der Waals surface area contributed by atoms with Crippen molar-refractivity contribution in [2.24, 2.45) is 0 Å². The Hall–Kier alpha value is -3.10. The molecular formula is C19H19F3N4O2. The number of alkyl halides is 3. The lowest BCUT2D eigenvalue weighted by Gasteiger charge is -2.35.